The minimum Gasteiger partial charge on any atom is -0.481 e. The molecule has 1 aliphatic carbocycles. The number of carboxylic acids is 1. The molecular weight excluding hydrogens is 322 g/mol. The van der Waals surface area contributed by atoms with Gasteiger partial charge in [0.15, 0.2) is 0 Å². The molecule has 0 bridgehead atoms. The molecule has 5 heteroatoms. The zero-order chi connectivity index (χ0) is 14.9. The summed E-state index contributed by atoms with van der Waals surface area (Å²) in [6.07, 6.45) is 1.93. The smallest absolute Gasteiger partial charge is 0.308 e. The highest BCUT2D eigenvalue weighted by Gasteiger charge is 2.34. The van der Waals surface area contributed by atoms with Gasteiger partial charge in [0.05, 0.1) is 5.92 Å². The Morgan fingerprint density at radius 2 is 2.10 bits per heavy atom. The van der Waals surface area contributed by atoms with E-state index in [0.29, 0.717) is 5.56 Å². The van der Waals surface area contributed by atoms with Crippen LogP contribution in [0.2, 0.25) is 0 Å². The van der Waals surface area contributed by atoms with Crippen molar-refractivity contribution >= 4 is 27.8 Å². The zero-order valence-electron chi connectivity index (χ0n) is 11.6. The van der Waals surface area contributed by atoms with Crippen molar-refractivity contribution in [3.63, 3.8) is 0 Å². The second-order valence-electron chi connectivity index (χ2n) is 5.39. The Balaban J connectivity index is 2.18. The van der Waals surface area contributed by atoms with E-state index < -0.39 is 11.9 Å². The molecule has 1 aromatic rings. The normalized spacial score (nSPS) is 15.8. The molecule has 1 aliphatic rings. The quantitative estimate of drug-likeness (QED) is 0.896. The first-order chi connectivity index (χ1) is 9.40. The summed E-state index contributed by atoms with van der Waals surface area (Å²) in [5.41, 5.74) is 1.67. The third kappa shape index (κ3) is 3.39. The molecule has 1 aromatic carbocycles. The molecule has 1 fully saturated rings. The average Bonchev–Trinajstić information content (AvgIpc) is 3.22. The minimum absolute atomic E-state index is 0.0821. The molecule has 0 saturated heterocycles. The van der Waals surface area contributed by atoms with Gasteiger partial charge in [0.2, 0.25) is 0 Å². The van der Waals surface area contributed by atoms with Crippen LogP contribution in [0.25, 0.3) is 0 Å². The van der Waals surface area contributed by atoms with E-state index in [-0.39, 0.29) is 18.5 Å². The van der Waals surface area contributed by atoms with Crippen LogP contribution < -0.4 is 0 Å². The molecular formula is C15H18BrNO3. The molecule has 0 spiro atoms. The third-order valence-electron chi connectivity index (χ3n) is 3.56. The highest BCUT2D eigenvalue weighted by molar-refractivity contribution is 9.10. The number of halogens is 1. The van der Waals surface area contributed by atoms with Gasteiger partial charge in [-0.25, -0.2) is 0 Å². The van der Waals surface area contributed by atoms with E-state index in [0.717, 1.165) is 22.9 Å². The lowest BCUT2D eigenvalue weighted by atomic mass is 10.1. The van der Waals surface area contributed by atoms with Crippen molar-refractivity contribution < 1.29 is 14.7 Å². The van der Waals surface area contributed by atoms with E-state index in [2.05, 4.69) is 15.9 Å². The first-order valence-electron chi connectivity index (χ1n) is 6.70. The van der Waals surface area contributed by atoms with Gasteiger partial charge in [-0.3, -0.25) is 9.59 Å². The summed E-state index contributed by atoms with van der Waals surface area (Å²) < 4.78 is 0.894. The lowest BCUT2D eigenvalue weighted by Gasteiger charge is -2.24. The van der Waals surface area contributed by atoms with E-state index >= 15 is 0 Å². The second kappa shape index (κ2) is 5.95. The fourth-order valence-electron chi connectivity index (χ4n) is 2.05. The Morgan fingerprint density at radius 1 is 1.45 bits per heavy atom. The van der Waals surface area contributed by atoms with Gasteiger partial charge in [0.25, 0.3) is 5.91 Å². The molecule has 1 unspecified atom stereocenters. The Morgan fingerprint density at radius 3 is 2.60 bits per heavy atom. The molecule has 108 valence electrons. The monoisotopic (exact) mass is 339 g/mol. The molecule has 0 aliphatic heterocycles. The first-order valence-corrected chi connectivity index (χ1v) is 7.49. The standard InChI is InChI=1S/C15H18BrNO3/c1-9-3-4-11(7-13(9)16)14(18)17(12-5-6-12)8-10(2)15(19)20/h3-4,7,10,12H,5-6,8H2,1-2H3,(H,19,20). The number of carbonyl (C=O) groups excluding carboxylic acids is 1. The molecule has 1 saturated carbocycles. The number of nitrogens with zero attached hydrogens (tertiary/aromatic N) is 1. The maximum atomic E-state index is 12.6. The van der Waals surface area contributed by atoms with E-state index in [4.69, 9.17) is 5.11 Å². The maximum absolute atomic E-state index is 12.6. The zero-order valence-corrected chi connectivity index (χ0v) is 13.2. The number of aryl methyl sites for hydroxylation is 1. The van der Waals surface area contributed by atoms with Gasteiger partial charge in [-0.15, -0.1) is 0 Å². The van der Waals surface area contributed by atoms with Crippen LogP contribution in [0.4, 0.5) is 0 Å². The predicted octanol–water partition coefficient (Wildman–Crippen LogP) is 3.08. The summed E-state index contributed by atoms with van der Waals surface area (Å²) in [5.74, 6) is -1.50. The number of aliphatic carboxylic acids is 1. The minimum atomic E-state index is -0.867. The van der Waals surface area contributed by atoms with Crippen LogP contribution in [0.3, 0.4) is 0 Å². The fourth-order valence-corrected chi connectivity index (χ4v) is 2.43. The Kier molecular flexibility index (Phi) is 4.48. The van der Waals surface area contributed by atoms with Crippen molar-refractivity contribution in [1.82, 2.24) is 4.90 Å². The molecule has 0 heterocycles. The lowest BCUT2D eigenvalue weighted by Crippen LogP contribution is -2.38. The lowest BCUT2D eigenvalue weighted by molar-refractivity contribution is -0.141. The third-order valence-corrected chi connectivity index (χ3v) is 4.41. The van der Waals surface area contributed by atoms with Crippen LogP contribution in [0, 0.1) is 12.8 Å². The Bertz CT molecular complexity index is 540. The highest BCUT2D eigenvalue weighted by Crippen LogP contribution is 2.30. The van der Waals surface area contributed by atoms with Gasteiger partial charge < -0.3 is 10.0 Å². The molecule has 1 N–H and O–H groups in total. The fraction of sp³-hybridized carbons (Fsp3) is 0.467. The number of rotatable bonds is 5. The summed E-state index contributed by atoms with van der Waals surface area (Å²) in [6.45, 7) is 3.86. The van der Waals surface area contributed by atoms with Crippen LogP contribution in [-0.2, 0) is 4.79 Å². The second-order valence-corrected chi connectivity index (χ2v) is 6.25. The van der Waals surface area contributed by atoms with Crippen molar-refractivity contribution in [3.05, 3.63) is 33.8 Å². The highest BCUT2D eigenvalue weighted by atomic mass is 79.9. The van der Waals surface area contributed by atoms with Crippen LogP contribution in [-0.4, -0.2) is 34.5 Å². The van der Waals surface area contributed by atoms with Gasteiger partial charge >= 0.3 is 5.97 Å². The van der Waals surface area contributed by atoms with Crippen molar-refractivity contribution in [1.29, 1.82) is 0 Å². The van der Waals surface area contributed by atoms with Crippen molar-refractivity contribution in [2.24, 2.45) is 5.92 Å². The largest absolute Gasteiger partial charge is 0.481 e. The van der Waals surface area contributed by atoms with Gasteiger partial charge in [0.1, 0.15) is 0 Å². The average molecular weight is 340 g/mol. The number of amides is 1. The first kappa shape index (κ1) is 15.0. The molecule has 4 nitrogen and oxygen atoms in total. The van der Waals surface area contributed by atoms with Crippen LogP contribution in [0.5, 0.6) is 0 Å². The van der Waals surface area contributed by atoms with E-state index in [9.17, 15) is 9.59 Å². The van der Waals surface area contributed by atoms with Crippen molar-refractivity contribution in [3.8, 4) is 0 Å². The van der Waals surface area contributed by atoms with Crippen LogP contribution in [0.1, 0.15) is 35.7 Å². The van der Waals surface area contributed by atoms with Crippen LogP contribution in [0.15, 0.2) is 22.7 Å². The van der Waals surface area contributed by atoms with Crippen LogP contribution >= 0.6 is 15.9 Å². The Labute approximate surface area is 126 Å². The number of carbonyl (C=O) groups is 2. The summed E-state index contributed by atoms with van der Waals surface area (Å²) >= 11 is 3.43. The summed E-state index contributed by atoms with van der Waals surface area (Å²) in [7, 11) is 0. The van der Waals surface area contributed by atoms with Gasteiger partial charge in [-0.2, -0.15) is 0 Å². The molecule has 2 rings (SSSR count). The SMILES string of the molecule is Cc1ccc(C(=O)N(CC(C)C(=O)O)C2CC2)cc1Br. The van der Waals surface area contributed by atoms with Crippen molar-refractivity contribution in [2.75, 3.05) is 6.54 Å². The molecule has 1 atom stereocenters. The number of benzene rings is 1. The van der Waals surface area contributed by atoms with E-state index in [1.165, 1.54) is 0 Å². The summed E-state index contributed by atoms with van der Waals surface area (Å²) in [6, 6.07) is 5.69. The topological polar surface area (TPSA) is 57.6 Å². The molecule has 20 heavy (non-hydrogen) atoms. The molecule has 1 amide bonds. The van der Waals surface area contributed by atoms with E-state index in [1.807, 2.05) is 13.0 Å². The van der Waals surface area contributed by atoms with Gasteiger partial charge in [0, 0.05) is 22.6 Å². The van der Waals surface area contributed by atoms with Crippen molar-refractivity contribution in [2.45, 2.75) is 32.7 Å². The van der Waals surface area contributed by atoms with Gasteiger partial charge in [-0.05, 0) is 37.5 Å². The predicted molar refractivity (Wildman–Crippen MR) is 79.7 cm³/mol. The number of hydrogen-bond donors (Lipinski definition) is 1. The van der Waals surface area contributed by atoms with Gasteiger partial charge in [-0.1, -0.05) is 28.9 Å². The van der Waals surface area contributed by atoms with E-state index in [1.54, 1.807) is 24.0 Å². The molecule has 0 radical (unpaired) electrons. The summed E-state index contributed by atoms with van der Waals surface area (Å²) in [5, 5.41) is 9.02. The number of carboxylic acid groups (broad SMARTS) is 1. The Hall–Kier alpha value is -1.36. The molecule has 0 aromatic heterocycles. The maximum Gasteiger partial charge on any atom is 0.308 e. The number of hydrogen-bond acceptors (Lipinski definition) is 2. The summed E-state index contributed by atoms with van der Waals surface area (Å²) in [4.78, 5) is 25.3.